The smallest absolute Gasteiger partial charge is 0.150 e. The summed E-state index contributed by atoms with van der Waals surface area (Å²) in [4.78, 5) is 10.4. The van der Waals surface area contributed by atoms with Crippen molar-refractivity contribution in [1.29, 1.82) is 0 Å². The van der Waals surface area contributed by atoms with E-state index >= 15 is 0 Å². The Kier molecular flexibility index (Phi) is 6.41. The molecule has 12 aromatic rings. The number of rotatable bonds is 3. The van der Waals surface area contributed by atoms with Crippen LogP contribution in [0.1, 0.15) is 26.3 Å². The van der Waals surface area contributed by atoms with E-state index in [9.17, 15) is 5.11 Å². The first kappa shape index (κ1) is 32.0. The van der Waals surface area contributed by atoms with Gasteiger partial charge in [-0.3, -0.25) is 9.38 Å². The number of para-hydroxylation sites is 4. The van der Waals surface area contributed by atoms with Gasteiger partial charge in [0.25, 0.3) is 0 Å². The highest BCUT2D eigenvalue weighted by molar-refractivity contribution is 6.30. The van der Waals surface area contributed by atoms with Crippen LogP contribution in [0.2, 0.25) is 0 Å². The maximum Gasteiger partial charge on any atom is 0.150 e. The van der Waals surface area contributed by atoms with E-state index in [0.29, 0.717) is 0 Å². The number of aromatic nitrogens is 4. The molecule has 0 unspecified atom stereocenters. The van der Waals surface area contributed by atoms with Crippen molar-refractivity contribution in [3.05, 3.63) is 163 Å². The SMILES string of the molecule is CC(C)(C)c1cc(-c2cc(-c3ccccc3)ccn2)cc(-c2cccc3c2nc2c4c(O)c5c6cccc7c8ccccc8n(c5cc4c4ccccc4n32)c76)c1. The molecule has 0 saturated heterocycles. The lowest BCUT2D eigenvalue weighted by Gasteiger charge is -2.22. The first-order valence-electron chi connectivity index (χ1n) is 19.6. The van der Waals surface area contributed by atoms with E-state index in [1.807, 2.05) is 12.3 Å². The zero-order valence-electron chi connectivity index (χ0n) is 31.7. The minimum Gasteiger partial charge on any atom is -0.506 e. The molecule has 57 heavy (non-hydrogen) atoms. The average Bonchev–Trinajstić information content (AvgIpc) is 3.91. The minimum absolute atomic E-state index is 0.111. The molecule has 0 saturated carbocycles. The van der Waals surface area contributed by atoms with Gasteiger partial charge in [0.05, 0.1) is 49.6 Å². The molecule has 0 radical (unpaired) electrons. The molecule has 5 heteroatoms. The fourth-order valence-corrected chi connectivity index (χ4v) is 9.41. The molecule has 5 nitrogen and oxygen atoms in total. The highest BCUT2D eigenvalue weighted by Gasteiger charge is 2.25. The quantitative estimate of drug-likeness (QED) is 0.184. The molecule has 5 aromatic heterocycles. The number of hydrogen-bond donors (Lipinski definition) is 1. The third-order valence-corrected chi connectivity index (χ3v) is 12.1. The molecule has 1 N–H and O–H groups in total. The van der Waals surface area contributed by atoms with Crippen molar-refractivity contribution in [2.24, 2.45) is 0 Å². The maximum absolute atomic E-state index is 12.7. The second-order valence-electron chi connectivity index (χ2n) is 16.4. The number of imidazole rings is 1. The van der Waals surface area contributed by atoms with Crippen LogP contribution >= 0.6 is 0 Å². The molecule has 0 amide bonds. The molecule has 0 atom stereocenters. The zero-order valence-corrected chi connectivity index (χ0v) is 31.7. The van der Waals surface area contributed by atoms with Gasteiger partial charge in [0, 0.05) is 44.3 Å². The number of pyridine rings is 2. The Labute approximate surface area is 328 Å². The third kappa shape index (κ3) is 4.45. The summed E-state index contributed by atoms with van der Waals surface area (Å²) >= 11 is 0. The van der Waals surface area contributed by atoms with Gasteiger partial charge in [-0.2, -0.15) is 0 Å². The largest absolute Gasteiger partial charge is 0.506 e. The lowest BCUT2D eigenvalue weighted by Crippen LogP contribution is -2.11. The van der Waals surface area contributed by atoms with E-state index in [1.165, 1.54) is 16.3 Å². The molecule has 0 spiro atoms. The Morgan fingerprint density at radius 3 is 1.96 bits per heavy atom. The van der Waals surface area contributed by atoms with Crippen LogP contribution in [0.4, 0.5) is 0 Å². The van der Waals surface area contributed by atoms with Gasteiger partial charge in [0.1, 0.15) is 11.4 Å². The fourth-order valence-electron chi connectivity index (χ4n) is 9.41. The van der Waals surface area contributed by atoms with Crippen molar-refractivity contribution < 1.29 is 5.11 Å². The molecule has 270 valence electrons. The van der Waals surface area contributed by atoms with Crippen molar-refractivity contribution >= 4 is 76.5 Å². The summed E-state index contributed by atoms with van der Waals surface area (Å²) in [6.07, 6.45) is 1.91. The summed E-state index contributed by atoms with van der Waals surface area (Å²) in [5, 5.41) is 19.8. The van der Waals surface area contributed by atoms with E-state index in [-0.39, 0.29) is 11.2 Å². The first-order chi connectivity index (χ1) is 27.8. The van der Waals surface area contributed by atoms with Crippen molar-refractivity contribution in [3.63, 3.8) is 0 Å². The zero-order chi connectivity index (χ0) is 38.2. The molecule has 0 aliphatic carbocycles. The predicted octanol–water partition coefficient (Wildman–Crippen LogP) is 13.3. The maximum atomic E-state index is 12.7. The summed E-state index contributed by atoms with van der Waals surface area (Å²) in [7, 11) is 0. The number of phenols is 1. The van der Waals surface area contributed by atoms with Gasteiger partial charge in [-0.15, -0.1) is 0 Å². The second-order valence-corrected chi connectivity index (χ2v) is 16.4. The molecule has 0 aliphatic heterocycles. The van der Waals surface area contributed by atoms with Crippen molar-refractivity contribution in [2.75, 3.05) is 0 Å². The van der Waals surface area contributed by atoms with Crippen LogP contribution in [-0.2, 0) is 5.41 Å². The lowest BCUT2D eigenvalue weighted by atomic mass is 9.83. The number of benzene rings is 7. The van der Waals surface area contributed by atoms with Crippen LogP contribution in [0.5, 0.6) is 5.75 Å². The van der Waals surface area contributed by atoms with Gasteiger partial charge >= 0.3 is 0 Å². The van der Waals surface area contributed by atoms with Crippen LogP contribution in [-0.4, -0.2) is 23.9 Å². The molecule has 0 fully saturated rings. The Hall–Kier alpha value is -7.24. The number of phenolic OH excluding ortho intramolecular Hbond substituents is 1. The summed E-state index contributed by atoms with van der Waals surface area (Å²) in [5.74, 6) is 0.261. The van der Waals surface area contributed by atoms with Crippen molar-refractivity contribution in [3.8, 4) is 39.3 Å². The molecule has 12 rings (SSSR count). The van der Waals surface area contributed by atoms with E-state index < -0.39 is 0 Å². The average molecular weight is 733 g/mol. The molecule has 0 aliphatic rings. The Bertz CT molecular complexity index is 3620. The number of fused-ring (bicyclic) bond motifs is 14. The number of aromatic hydroxyl groups is 1. The fraction of sp³-hybridized carbons (Fsp3) is 0.0769. The van der Waals surface area contributed by atoms with Gasteiger partial charge in [-0.1, -0.05) is 124 Å². The van der Waals surface area contributed by atoms with Gasteiger partial charge in [0.2, 0.25) is 0 Å². The van der Waals surface area contributed by atoms with E-state index in [2.05, 4.69) is 175 Å². The summed E-state index contributed by atoms with van der Waals surface area (Å²) in [6.45, 7) is 6.78. The van der Waals surface area contributed by atoms with E-state index in [1.54, 1.807) is 0 Å². The van der Waals surface area contributed by atoms with Gasteiger partial charge in [-0.05, 0) is 76.2 Å². The van der Waals surface area contributed by atoms with Gasteiger partial charge in [-0.25, -0.2) is 4.98 Å². The summed E-state index contributed by atoms with van der Waals surface area (Å²) < 4.78 is 4.57. The van der Waals surface area contributed by atoms with E-state index in [4.69, 9.17) is 9.97 Å². The topological polar surface area (TPSA) is 54.8 Å². The molecule has 7 aromatic carbocycles. The summed E-state index contributed by atoms with van der Waals surface area (Å²) in [5.41, 5.74) is 14.4. The minimum atomic E-state index is -0.111. The van der Waals surface area contributed by atoms with Crippen LogP contribution in [0, 0.1) is 0 Å². The highest BCUT2D eigenvalue weighted by atomic mass is 16.3. The molecular formula is C52H36N4O. The Morgan fingerprint density at radius 2 is 1.16 bits per heavy atom. The highest BCUT2D eigenvalue weighted by Crippen LogP contribution is 2.48. The number of nitrogens with zero attached hydrogens (tertiary/aromatic N) is 4. The van der Waals surface area contributed by atoms with Crippen molar-refractivity contribution in [2.45, 2.75) is 26.2 Å². The third-order valence-electron chi connectivity index (χ3n) is 12.1. The van der Waals surface area contributed by atoms with Crippen LogP contribution < -0.4 is 0 Å². The van der Waals surface area contributed by atoms with Gasteiger partial charge in [0.15, 0.2) is 0 Å². The first-order valence-corrected chi connectivity index (χ1v) is 19.6. The second kappa shape index (κ2) is 11.4. The normalized spacial score (nSPS) is 12.5. The molecule has 5 heterocycles. The van der Waals surface area contributed by atoms with Crippen LogP contribution in [0.15, 0.2) is 158 Å². The Balaban J connectivity index is 1.16. The standard InChI is InChI=1S/C52H36N4O/c1-52(2,3)34-26-32(25-33(27-34)41-28-31(23-24-53-41)30-13-5-4-6-14-30)35-17-12-22-44-48(35)54-51-47-40(37-16-8-10-21-43(37)56(44)51)29-45-46(50(47)57)39-19-11-18-38-36-15-7-9-20-42(36)55(45)49(38)39/h4-29,57H,1-3H3. The van der Waals surface area contributed by atoms with Crippen LogP contribution in [0.25, 0.3) is 110 Å². The Morgan fingerprint density at radius 1 is 0.491 bits per heavy atom. The molecular weight excluding hydrogens is 697 g/mol. The van der Waals surface area contributed by atoms with Crippen molar-refractivity contribution in [1.82, 2.24) is 18.8 Å². The molecule has 0 bridgehead atoms. The lowest BCUT2D eigenvalue weighted by molar-refractivity contribution is 0.488. The monoisotopic (exact) mass is 732 g/mol. The van der Waals surface area contributed by atoms with Crippen LogP contribution in [0.3, 0.4) is 0 Å². The predicted molar refractivity (Wildman–Crippen MR) is 237 cm³/mol. The van der Waals surface area contributed by atoms with Gasteiger partial charge < -0.3 is 9.51 Å². The number of hydrogen-bond acceptors (Lipinski definition) is 3. The van der Waals surface area contributed by atoms with E-state index in [0.717, 1.165) is 99.2 Å². The summed E-state index contributed by atoms with van der Waals surface area (Å²) in [6, 6.07) is 53.8.